The number of nitrogens with zero attached hydrogens (tertiary/aromatic N) is 5. The topological polar surface area (TPSA) is 169 Å². The van der Waals surface area contributed by atoms with Gasteiger partial charge in [0, 0.05) is 68.5 Å². The van der Waals surface area contributed by atoms with Gasteiger partial charge < -0.3 is 26.4 Å². The Morgan fingerprint density at radius 2 is 1.83 bits per heavy atom. The van der Waals surface area contributed by atoms with Crippen molar-refractivity contribution in [3.05, 3.63) is 83.4 Å². The number of aliphatic imine (C=N–C) groups is 1. The minimum absolute atomic E-state index is 0.0330. The standard InChI is InChI=1S/C35H39N7O4S2/c1-2-12-40(13-5-14-42(35(38)47)30-8-3-6-24(15-30)20-36)34(44)29-16-28-11-10-27(18-32(28)39-33(37)19-29)26-7-4-9-31(17-26)48(45,46)41-21-25(22-41)23-43/h3-4,6-11,15-18,25,43H,2,5,12-14,19,21-23H2,1H3,(H2,37,39)(H2,38,47). The Morgan fingerprint density at radius 3 is 2.54 bits per heavy atom. The number of carbonyl (C=O) groups is 1. The number of hydrogen-bond acceptors (Lipinski definition) is 8. The van der Waals surface area contributed by atoms with E-state index in [1.54, 1.807) is 46.2 Å². The van der Waals surface area contributed by atoms with Gasteiger partial charge in [0.2, 0.25) is 15.9 Å². The van der Waals surface area contributed by atoms with Crippen molar-refractivity contribution in [3.63, 3.8) is 0 Å². The maximum absolute atomic E-state index is 13.9. The molecular formula is C35H39N7O4S2. The molecule has 2 aliphatic rings. The van der Waals surface area contributed by atoms with Crippen LogP contribution in [0.3, 0.4) is 0 Å². The fourth-order valence-electron chi connectivity index (χ4n) is 5.84. The summed E-state index contributed by atoms with van der Waals surface area (Å²) in [6.07, 6.45) is 3.36. The molecule has 13 heteroatoms. The molecule has 11 nitrogen and oxygen atoms in total. The van der Waals surface area contributed by atoms with Gasteiger partial charge in [-0.3, -0.25) is 4.79 Å². The molecule has 0 radical (unpaired) electrons. The molecule has 5 N–H and O–H groups in total. The molecular weight excluding hydrogens is 647 g/mol. The predicted molar refractivity (Wildman–Crippen MR) is 192 cm³/mol. The smallest absolute Gasteiger partial charge is 0.250 e. The Bertz CT molecular complexity index is 1910. The molecule has 250 valence electrons. The molecule has 0 bridgehead atoms. The largest absolute Gasteiger partial charge is 0.396 e. The molecule has 48 heavy (non-hydrogen) atoms. The van der Waals surface area contributed by atoms with Crippen LogP contribution >= 0.6 is 12.2 Å². The summed E-state index contributed by atoms with van der Waals surface area (Å²) < 4.78 is 27.6. The van der Waals surface area contributed by atoms with Crippen molar-refractivity contribution in [2.75, 3.05) is 44.2 Å². The molecule has 3 aromatic rings. The molecule has 0 saturated carbocycles. The molecule has 2 heterocycles. The lowest BCUT2D eigenvalue weighted by atomic mass is 10.0. The van der Waals surface area contributed by atoms with Crippen molar-refractivity contribution in [2.45, 2.75) is 31.1 Å². The minimum atomic E-state index is -3.67. The summed E-state index contributed by atoms with van der Waals surface area (Å²) in [4.78, 5) is 22.2. The summed E-state index contributed by atoms with van der Waals surface area (Å²) in [6.45, 7) is 4.06. The number of fused-ring (bicyclic) bond motifs is 1. The molecule has 0 aromatic heterocycles. The number of rotatable bonds is 12. The molecule has 0 aliphatic carbocycles. The van der Waals surface area contributed by atoms with Gasteiger partial charge in [0.05, 0.1) is 22.2 Å². The molecule has 0 unspecified atom stereocenters. The van der Waals surface area contributed by atoms with E-state index in [0.717, 1.165) is 23.2 Å². The van der Waals surface area contributed by atoms with E-state index >= 15 is 0 Å². The first kappa shape index (κ1) is 34.7. The maximum Gasteiger partial charge on any atom is 0.250 e. The lowest BCUT2D eigenvalue weighted by Gasteiger charge is -2.36. The fraction of sp³-hybridized carbons (Fsp3) is 0.314. The van der Waals surface area contributed by atoms with Gasteiger partial charge in [-0.05, 0) is 78.7 Å². The van der Waals surface area contributed by atoms with E-state index in [-0.39, 0.29) is 34.9 Å². The Kier molecular flexibility index (Phi) is 10.9. The average molecular weight is 686 g/mol. The highest BCUT2D eigenvalue weighted by Gasteiger charge is 2.36. The Labute approximate surface area is 286 Å². The van der Waals surface area contributed by atoms with Crippen molar-refractivity contribution in [1.82, 2.24) is 9.21 Å². The van der Waals surface area contributed by atoms with E-state index in [2.05, 4.69) is 11.1 Å². The second-order valence-electron chi connectivity index (χ2n) is 11.9. The van der Waals surface area contributed by atoms with Crippen molar-refractivity contribution in [2.24, 2.45) is 22.4 Å². The summed E-state index contributed by atoms with van der Waals surface area (Å²) in [5, 5.41) is 18.8. The van der Waals surface area contributed by atoms with Gasteiger partial charge in [-0.1, -0.05) is 37.3 Å². The molecule has 2 aliphatic heterocycles. The third kappa shape index (κ3) is 7.74. The molecule has 0 atom stereocenters. The summed E-state index contributed by atoms with van der Waals surface area (Å²) in [5.74, 6) is 0.133. The Morgan fingerprint density at radius 1 is 1.08 bits per heavy atom. The van der Waals surface area contributed by atoms with Crippen molar-refractivity contribution in [3.8, 4) is 17.2 Å². The van der Waals surface area contributed by atoms with Crippen LogP contribution < -0.4 is 16.4 Å². The Balaban J connectivity index is 1.33. The molecule has 3 aromatic carbocycles. The molecule has 1 fully saturated rings. The van der Waals surface area contributed by atoms with Crippen molar-refractivity contribution < 1.29 is 18.3 Å². The van der Waals surface area contributed by atoms with Crippen LogP contribution in [0.15, 0.2) is 82.2 Å². The summed E-state index contributed by atoms with van der Waals surface area (Å²) in [5.41, 5.74) is 16.9. The van der Waals surface area contributed by atoms with E-state index in [9.17, 15) is 23.6 Å². The monoisotopic (exact) mass is 685 g/mol. The summed E-state index contributed by atoms with van der Waals surface area (Å²) in [6, 6.07) is 21.5. The minimum Gasteiger partial charge on any atom is -0.396 e. The second-order valence-corrected chi connectivity index (χ2v) is 14.3. The number of anilines is 1. The van der Waals surface area contributed by atoms with Gasteiger partial charge in [0.25, 0.3) is 0 Å². The second kappa shape index (κ2) is 15.1. The van der Waals surface area contributed by atoms with Gasteiger partial charge in [-0.25, -0.2) is 13.4 Å². The molecule has 1 amide bonds. The van der Waals surface area contributed by atoms with Crippen molar-refractivity contribution in [1.29, 1.82) is 5.26 Å². The first-order valence-electron chi connectivity index (χ1n) is 15.8. The lowest BCUT2D eigenvalue weighted by molar-refractivity contribution is -0.127. The van der Waals surface area contributed by atoms with Gasteiger partial charge >= 0.3 is 0 Å². The third-order valence-corrected chi connectivity index (χ3v) is 10.4. The normalized spacial score (nSPS) is 14.9. The molecule has 1 saturated heterocycles. The lowest BCUT2D eigenvalue weighted by Crippen LogP contribution is -2.51. The molecule has 0 spiro atoms. The van der Waals surface area contributed by atoms with Crippen LogP contribution in [0, 0.1) is 17.2 Å². The highest BCUT2D eigenvalue weighted by Crippen LogP contribution is 2.34. The van der Waals surface area contributed by atoms with Crippen LogP contribution in [0.2, 0.25) is 0 Å². The average Bonchev–Trinajstić information content (AvgIpc) is 3.22. The Hall–Kier alpha value is -4.61. The number of thiocarbonyl (C=S) groups is 1. The van der Waals surface area contributed by atoms with Crippen LogP contribution in [-0.4, -0.2) is 78.9 Å². The van der Waals surface area contributed by atoms with Gasteiger partial charge in [0.1, 0.15) is 5.84 Å². The van der Waals surface area contributed by atoms with Crippen LogP contribution in [0.1, 0.15) is 37.3 Å². The van der Waals surface area contributed by atoms with E-state index in [0.29, 0.717) is 67.4 Å². The first-order chi connectivity index (χ1) is 23.0. The van der Waals surface area contributed by atoms with Crippen molar-refractivity contribution >= 4 is 56.5 Å². The number of nitrogens with two attached hydrogens (primary N) is 2. The number of nitriles is 1. The van der Waals surface area contributed by atoms with Crippen LogP contribution in [0.4, 0.5) is 11.4 Å². The number of sulfonamides is 1. The quantitative estimate of drug-likeness (QED) is 0.239. The van der Waals surface area contributed by atoms with E-state index in [1.165, 1.54) is 4.31 Å². The third-order valence-electron chi connectivity index (χ3n) is 8.40. The number of aliphatic hydroxyl groups is 1. The molecule has 5 rings (SSSR count). The number of aliphatic hydroxyl groups excluding tert-OH is 1. The number of hydrogen-bond donors (Lipinski definition) is 3. The van der Waals surface area contributed by atoms with Crippen LogP contribution in [0.25, 0.3) is 17.2 Å². The van der Waals surface area contributed by atoms with E-state index in [4.69, 9.17) is 23.7 Å². The highest BCUT2D eigenvalue weighted by molar-refractivity contribution is 7.89. The maximum atomic E-state index is 13.9. The summed E-state index contributed by atoms with van der Waals surface area (Å²) in [7, 11) is -3.67. The number of benzene rings is 3. The zero-order valence-corrected chi connectivity index (χ0v) is 28.4. The number of carbonyl (C=O) groups excluding carboxylic acids is 1. The van der Waals surface area contributed by atoms with Gasteiger partial charge in [0.15, 0.2) is 5.11 Å². The van der Waals surface area contributed by atoms with Crippen LogP contribution in [-0.2, 0) is 14.8 Å². The fourth-order valence-corrected chi connectivity index (χ4v) is 7.68. The van der Waals surface area contributed by atoms with Gasteiger partial charge in [-0.15, -0.1) is 0 Å². The highest BCUT2D eigenvalue weighted by atomic mass is 32.2. The summed E-state index contributed by atoms with van der Waals surface area (Å²) >= 11 is 5.28. The van der Waals surface area contributed by atoms with Gasteiger partial charge in [-0.2, -0.15) is 9.57 Å². The first-order valence-corrected chi connectivity index (χ1v) is 17.6. The van der Waals surface area contributed by atoms with Crippen LogP contribution in [0.5, 0.6) is 0 Å². The zero-order valence-electron chi connectivity index (χ0n) is 26.7. The number of amides is 1. The SMILES string of the molecule is CCCN(CCCN(C(N)=S)c1cccc(C#N)c1)C(=O)C1=Cc2ccc(-c3cccc(S(=O)(=O)N4CC(CO)C4)c3)cc2N=C(N)C1. The predicted octanol–water partition coefficient (Wildman–Crippen LogP) is 3.99. The van der Waals surface area contributed by atoms with E-state index < -0.39 is 10.0 Å². The van der Waals surface area contributed by atoms with E-state index in [1.807, 2.05) is 43.3 Å². The number of amidine groups is 1. The zero-order chi connectivity index (χ0) is 34.4.